The van der Waals surface area contributed by atoms with Crippen LogP contribution in [0.15, 0.2) is 18.2 Å². The maximum atomic E-state index is 12.6. The van der Waals surface area contributed by atoms with E-state index in [0.717, 1.165) is 36.3 Å². The summed E-state index contributed by atoms with van der Waals surface area (Å²) in [4.78, 5) is 14.4. The molecule has 22 heavy (non-hydrogen) atoms. The first kappa shape index (κ1) is 16.6. The molecule has 1 amide bonds. The highest BCUT2D eigenvalue weighted by Crippen LogP contribution is 2.32. The van der Waals surface area contributed by atoms with E-state index in [-0.39, 0.29) is 11.8 Å². The van der Waals surface area contributed by atoms with Gasteiger partial charge in [-0.25, -0.2) is 0 Å². The van der Waals surface area contributed by atoms with E-state index in [2.05, 4.69) is 0 Å². The van der Waals surface area contributed by atoms with Crippen molar-refractivity contribution in [1.82, 2.24) is 4.90 Å². The van der Waals surface area contributed by atoms with Gasteiger partial charge in [0.05, 0.1) is 14.2 Å². The summed E-state index contributed by atoms with van der Waals surface area (Å²) in [6, 6.07) is 5.69. The van der Waals surface area contributed by atoms with Gasteiger partial charge in [-0.15, -0.1) is 0 Å². The van der Waals surface area contributed by atoms with Crippen molar-refractivity contribution >= 4 is 5.91 Å². The zero-order valence-corrected chi connectivity index (χ0v) is 13.7. The average Bonchev–Trinajstić information content (AvgIpc) is 3.02. The number of ether oxygens (including phenoxy) is 2. The Hall–Kier alpha value is -1.75. The van der Waals surface area contributed by atoms with Crippen LogP contribution in [0.2, 0.25) is 0 Å². The average molecular weight is 306 g/mol. The van der Waals surface area contributed by atoms with E-state index >= 15 is 0 Å². The summed E-state index contributed by atoms with van der Waals surface area (Å²) in [5.74, 6) is 2.05. The molecule has 0 radical (unpaired) electrons. The molecular formula is C17H26N2O3. The van der Waals surface area contributed by atoms with Crippen LogP contribution in [0, 0.1) is 11.8 Å². The van der Waals surface area contributed by atoms with Crippen LogP contribution < -0.4 is 15.2 Å². The molecule has 2 rings (SSSR count). The Balaban J connectivity index is 2.07. The van der Waals surface area contributed by atoms with E-state index in [1.165, 1.54) is 0 Å². The van der Waals surface area contributed by atoms with Gasteiger partial charge in [0.1, 0.15) is 11.5 Å². The van der Waals surface area contributed by atoms with Gasteiger partial charge >= 0.3 is 0 Å². The normalized spacial score (nSPS) is 20.7. The Morgan fingerprint density at radius 2 is 1.86 bits per heavy atom. The summed E-state index contributed by atoms with van der Waals surface area (Å²) in [6.45, 7) is 1.14. The Bertz CT molecular complexity index is 496. The fraction of sp³-hybridized carbons (Fsp3) is 0.588. The number of carbonyl (C=O) groups is 1. The number of nitrogens with two attached hydrogens (primary N) is 1. The topological polar surface area (TPSA) is 64.8 Å². The third kappa shape index (κ3) is 3.71. The quantitative estimate of drug-likeness (QED) is 0.873. The minimum Gasteiger partial charge on any atom is -0.497 e. The number of benzene rings is 1. The molecule has 0 bridgehead atoms. The fourth-order valence-corrected chi connectivity index (χ4v) is 3.24. The summed E-state index contributed by atoms with van der Waals surface area (Å²) >= 11 is 0. The zero-order chi connectivity index (χ0) is 16.1. The second-order valence-electron chi connectivity index (χ2n) is 5.95. The number of methoxy groups -OCH3 is 2. The van der Waals surface area contributed by atoms with Gasteiger partial charge in [0, 0.05) is 25.6 Å². The van der Waals surface area contributed by atoms with Crippen molar-refractivity contribution in [2.75, 3.05) is 27.8 Å². The SMILES string of the molecule is COc1cc(CN(C)C(=O)[C@@H]2CCC[C@@H]2CN)cc(OC)c1. The van der Waals surface area contributed by atoms with Crippen LogP contribution in [0.4, 0.5) is 0 Å². The minimum atomic E-state index is 0.0718. The van der Waals surface area contributed by atoms with Crippen LogP contribution in [0.3, 0.4) is 0 Å². The zero-order valence-electron chi connectivity index (χ0n) is 13.7. The molecule has 2 atom stereocenters. The van der Waals surface area contributed by atoms with Crippen LogP contribution in [0.5, 0.6) is 11.5 Å². The van der Waals surface area contributed by atoms with Crippen molar-refractivity contribution in [3.63, 3.8) is 0 Å². The van der Waals surface area contributed by atoms with E-state index in [1.807, 2.05) is 25.2 Å². The third-order valence-corrected chi connectivity index (χ3v) is 4.49. The first-order valence-electron chi connectivity index (χ1n) is 7.76. The minimum absolute atomic E-state index is 0.0718. The molecule has 2 N–H and O–H groups in total. The van der Waals surface area contributed by atoms with Gasteiger partial charge in [0.25, 0.3) is 0 Å². The molecule has 0 heterocycles. The Morgan fingerprint density at radius 3 is 2.41 bits per heavy atom. The molecule has 0 spiro atoms. The standard InChI is InChI=1S/C17H26N2O3/c1-19(17(20)16-6-4-5-13(16)10-18)11-12-7-14(21-2)9-15(8-12)22-3/h7-9,13,16H,4-6,10-11,18H2,1-3H3/t13-,16-/m1/s1. The van der Waals surface area contributed by atoms with Gasteiger partial charge in [0.2, 0.25) is 5.91 Å². The molecule has 0 aliphatic heterocycles. The van der Waals surface area contributed by atoms with Gasteiger partial charge in [-0.05, 0) is 43.0 Å². The molecule has 5 heteroatoms. The molecule has 1 fully saturated rings. The molecule has 1 aliphatic rings. The summed E-state index contributed by atoms with van der Waals surface area (Å²) in [6.07, 6.45) is 3.11. The monoisotopic (exact) mass is 306 g/mol. The molecule has 122 valence electrons. The lowest BCUT2D eigenvalue weighted by Gasteiger charge is -2.25. The number of nitrogens with zero attached hydrogens (tertiary/aromatic N) is 1. The highest BCUT2D eigenvalue weighted by molar-refractivity contribution is 5.79. The van der Waals surface area contributed by atoms with Crippen molar-refractivity contribution in [2.24, 2.45) is 17.6 Å². The number of amides is 1. The molecule has 5 nitrogen and oxygen atoms in total. The number of hydrogen-bond acceptors (Lipinski definition) is 4. The maximum absolute atomic E-state index is 12.6. The van der Waals surface area contributed by atoms with E-state index < -0.39 is 0 Å². The fourth-order valence-electron chi connectivity index (χ4n) is 3.24. The van der Waals surface area contributed by atoms with E-state index in [1.54, 1.807) is 19.1 Å². The summed E-state index contributed by atoms with van der Waals surface area (Å²) in [7, 11) is 5.09. The highest BCUT2D eigenvalue weighted by atomic mass is 16.5. The summed E-state index contributed by atoms with van der Waals surface area (Å²) < 4.78 is 10.5. The van der Waals surface area contributed by atoms with Crippen LogP contribution >= 0.6 is 0 Å². The van der Waals surface area contributed by atoms with Gasteiger partial charge in [-0.1, -0.05) is 6.42 Å². The second kappa shape index (κ2) is 7.49. The molecule has 1 saturated carbocycles. The maximum Gasteiger partial charge on any atom is 0.226 e. The first-order valence-corrected chi connectivity index (χ1v) is 7.76. The van der Waals surface area contributed by atoms with Crippen LogP contribution in [-0.4, -0.2) is 38.6 Å². The molecule has 1 aromatic rings. The summed E-state index contributed by atoms with van der Waals surface area (Å²) in [5, 5.41) is 0. The van der Waals surface area contributed by atoms with Crippen LogP contribution in [-0.2, 0) is 11.3 Å². The largest absolute Gasteiger partial charge is 0.497 e. The van der Waals surface area contributed by atoms with Crippen LogP contribution in [0.25, 0.3) is 0 Å². The Morgan fingerprint density at radius 1 is 1.23 bits per heavy atom. The lowest BCUT2D eigenvalue weighted by Crippen LogP contribution is -2.36. The van der Waals surface area contributed by atoms with Crippen molar-refractivity contribution in [2.45, 2.75) is 25.8 Å². The van der Waals surface area contributed by atoms with Crippen molar-refractivity contribution in [3.8, 4) is 11.5 Å². The molecule has 0 aromatic heterocycles. The molecular weight excluding hydrogens is 280 g/mol. The van der Waals surface area contributed by atoms with Gasteiger partial charge < -0.3 is 20.1 Å². The van der Waals surface area contributed by atoms with Crippen molar-refractivity contribution in [1.29, 1.82) is 0 Å². The lowest BCUT2D eigenvalue weighted by atomic mass is 9.95. The smallest absolute Gasteiger partial charge is 0.226 e. The number of carbonyl (C=O) groups excluding carboxylic acids is 1. The van der Waals surface area contributed by atoms with E-state index in [4.69, 9.17) is 15.2 Å². The van der Waals surface area contributed by atoms with Crippen molar-refractivity contribution < 1.29 is 14.3 Å². The third-order valence-electron chi connectivity index (χ3n) is 4.49. The Labute approximate surface area is 132 Å². The molecule has 1 aromatic carbocycles. The Kier molecular flexibility index (Phi) is 5.66. The number of hydrogen-bond donors (Lipinski definition) is 1. The van der Waals surface area contributed by atoms with Gasteiger partial charge in [-0.3, -0.25) is 4.79 Å². The predicted octanol–water partition coefficient (Wildman–Crippen LogP) is 2.04. The second-order valence-corrected chi connectivity index (χ2v) is 5.95. The van der Waals surface area contributed by atoms with Crippen molar-refractivity contribution in [3.05, 3.63) is 23.8 Å². The molecule has 0 unspecified atom stereocenters. The molecule has 1 aliphatic carbocycles. The lowest BCUT2D eigenvalue weighted by molar-refractivity contribution is -0.135. The van der Waals surface area contributed by atoms with Gasteiger partial charge in [0.15, 0.2) is 0 Å². The summed E-state index contributed by atoms with van der Waals surface area (Å²) in [5.41, 5.74) is 6.78. The number of rotatable bonds is 6. The highest BCUT2D eigenvalue weighted by Gasteiger charge is 2.33. The first-order chi connectivity index (χ1) is 10.6. The van der Waals surface area contributed by atoms with E-state index in [0.29, 0.717) is 19.0 Å². The van der Waals surface area contributed by atoms with Crippen LogP contribution in [0.1, 0.15) is 24.8 Å². The van der Waals surface area contributed by atoms with E-state index in [9.17, 15) is 4.79 Å². The predicted molar refractivity (Wildman–Crippen MR) is 85.9 cm³/mol. The van der Waals surface area contributed by atoms with Gasteiger partial charge in [-0.2, -0.15) is 0 Å². The molecule has 0 saturated heterocycles.